The Morgan fingerprint density at radius 2 is 0.662 bits per heavy atom. The normalized spacial score (nSPS) is 14.4. The molecule has 12 heteroatoms. The van der Waals surface area contributed by atoms with E-state index in [1.165, 1.54) is 0 Å². The van der Waals surface area contributed by atoms with E-state index in [2.05, 4.69) is 154 Å². The van der Waals surface area contributed by atoms with Crippen molar-refractivity contribution in [3.8, 4) is 0 Å². The standard InChI is InChI=1S/C62H99O11P/c1-4-7-10-13-16-19-22-25-27-28-29-30-32-34-36-39-42-45-48-51-60(64)69-55-59(73-62(66)53-50-47-44-41-38-35-31-26-23-20-17-14-11-8-5-2)57-71-74(67,68)70-56-58(54-63)72-61(65)52-49-46-43-40-37-33-24-21-18-15-12-9-6-3/h7-12,16-21,25-27,29-31,33-34,36-37,58-59,63H,4-6,13-15,22-24,28,32,35,38-57H2,1-3H3,(H,67,68)/b10-7-,11-8-,12-9-,19-16-,20-17-,21-18-,27-25-,30-29-,31-26-,36-34-,37-33-. The van der Waals surface area contributed by atoms with E-state index < -0.39 is 57.8 Å². The molecular weight excluding hydrogens is 952 g/mol. The average molecular weight is 1050 g/mol. The minimum atomic E-state index is -4.78. The van der Waals surface area contributed by atoms with Crippen LogP contribution in [0, 0.1) is 0 Å². The van der Waals surface area contributed by atoms with Crippen LogP contribution in [-0.2, 0) is 42.2 Å². The van der Waals surface area contributed by atoms with Crippen LogP contribution in [0.25, 0.3) is 0 Å². The summed E-state index contributed by atoms with van der Waals surface area (Å²) in [7, 11) is -4.78. The lowest BCUT2D eigenvalue weighted by Gasteiger charge is -2.21. The van der Waals surface area contributed by atoms with Crippen LogP contribution in [0.5, 0.6) is 0 Å². The maximum Gasteiger partial charge on any atom is 0.472 e. The summed E-state index contributed by atoms with van der Waals surface area (Å²) in [5, 5.41) is 9.79. The van der Waals surface area contributed by atoms with Crippen LogP contribution in [0.4, 0.5) is 0 Å². The Labute approximate surface area is 449 Å². The predicted octanol–water partition coefficient (Wildman–Crippen LogP) is 16.6. The first-order valence-electron chi connectivity index (χ1n) is 28.1. The molecule has 0 aliphatic heterocycles. The molecule has 0 saturated heterocycles. The second-order valence-corrected chi connectivity index (χ2v) is 19.4. The van der Waals surface area contributed by atoms with Gasteiger partial charge in [-0.05, 0) is 128 Å². The minimum absolute atomic E-state index is 0.130. The number of aliphatic hydroxyl groups is 1. The van der Waals surface area contributed by atoms with Gasteiger partial charge < -0.3 is 24.2 Å². The van der Waals surface area contributed by atoms with Crippen LogP contribution < -0.4 is 0 Å². The molecule has 74 heavy (non-hydrogen) atoms. The Bertz CT molecular complexity index is 1750. The molecule has 11 nitrogen and oxygen atoms in total. The van der Waals surface area contributed by atoms with Crippen molar-refractivity contribution in [2.75, 3.05) is 26.4 Å². The highest BCUT2D eigenvalue weighted by Gasteiger charge is 2.28. The first kappa shape index (κ1) is 69.6. The zero-order valence-electron chi connectivity index (χ0n) is 46.0. The van der Waals surface area contributed by atoms with E-state index in [1.54, 1.807) is 0 Å². The van der Waals surface area contributed by atoms with Gasteiger partial charge in [-0.25, -0.2) is 4.57 Å². The molecule has 0 spiro atoms. The highest BCUT2D eigenvalue weighted by atomic mass is 31.2. The van der Waals surface area contributed by atoms with E-state index in [1.807, 2.05) is 0 Å². The fraction of sp³-hybridized carbons (Fsp3) is 0.597. The van der Waals surface area contributed by atoms with Gasteiger partial charge in [-0.1, -0.05) is 187 Å². The minimum Gasteiger partial charge on any atom is -0.462 e. The van der Waals surface area contributed by atoms with Gasteiger partial charge in [-0.15, -0.1) is 0 Å². The molecule has 3 atom stereocenters. The molecule has 0 bridgehead atoms. The van der Waals surface area contributed by atoms with Gasteiger partial charge in [-0.3, -0.25) is 23.4 Å². The molecule has 0 aromatic heterocycles. The van der Waals surface area contributed by atoms with Crippen molar-refractivity contribution in [3.05, 3.63) is 134 Å². The molecular formula is C62H99O11P. The van der Waals surface area contributed by atoms with Gasteiger partial charge in [0.25, 0.3) is 0 Å². The third kappa shape index (κ3) is 52.5. The number of aliphatic hydroxyl groups excluding tert-OH is 1. The largest absolute Gasteiger partial charge is 0.472 e. The van der Waals surface area contributed by atoms with Gasteiger partial charge >= 0.3 is 25.7 Å². The number of allylic oxidation sites excluding steroid dienone is 22. The van der Waals surface area contributed by atoms with Crippen LogP contribution in [0.15, 0.2) is 134 Å². The lowest BCUT2D eigenvalue weighted by atomic mass is 10.1. The highest BCUT2D eigenvalue weighted by molar-refractivity contribution is 7.47. The average Bonchev–Trinajstić information content (AvgIpc) is 3.39. The molecule has 0 heterocycles. The van der Waals surface area contributed by atoms with E-state index in [4.69, 9.17) is 23.3 Å². The molecule has 0 rings (SSSR count). The Hall–Kier alpha value is -4.38. The smallest absolute Gasteiger partial charge is 0.462 e. The van der Waals surface area contributed by atoms with Gasteiger partial charge in [0, 0.05) is 19.3 Å². The Morgan fingerprint density at radius 3 is 1.03 bits per heavy atom. The van der Waals surface area contributed by atoms with Crippen molar-refractivity contribution in [2.45, 2.75) is 213 Å². The maximum atomic E-state index is 12.9. The molecule has 418 valence electrons. The molecule has 3 unspecified atom stereocenters. The fourth-order valence-electron chi connectivity index (χ4n) is 6.88. The van der Waals surface area contributed by atoms with Gasteiger partial charge in [0.2, 0.25) is 0 Å². The third-order valence-electron chi connectivity index (χ3n) is 11.1. The summed E-state index contributed by atoms with van der Waals surface area (Å²) in [5.41, 5.74) is 0. The molecule has 0 radical (unpaired) electrons. The zero-order chi connectivity index (χ0) is 54.1. The lowest BCUT2D eigenvalue weighted by molar-refractivity contribution is -0.161. The number of unbranched alkanes of at least 4 members (excludes halogenated alkanes) is 11. The van der Waals surface area contributed by atoms with Crippen molar-refractivity contribution >= 4 is 25.7 Å². The van der Waals surface area contributed by atoms with E-state index in [-0.39, 0.29) is 25.9 Å². The van der Waals surface area contributed by atoms with Gasteiger partial charge in [0.15, 0.2) is 6.10 Å². The van der Waals surface area contributed by atoms with Crippen molar-refractivity contribution in [2.24, 2.45) is 0 Å². The van der Waals surface area contributed by atoms with Gasteiger partial charge in [0.1, 0.15) is 12.7 Å². The second kappa shape index (κ2) is 54.9. The lowest BCUT2D eigenvalue weighted by Crippen LogP contribution is -2.30. The summed E-state index contributed by atoms with van der Waals surface area (Å²) >= 11 is 0. The highest BCUT2D eigenvalue weighted by Crippen LogP contribution is 2.43. The molecule has 0 aliphatic carbocycles. The monoisotopic (exact) mass is 1050 g/mol. The number of phosphoric acid groups is 1. The van der Waals surface area contributed by atoms with Crippen LogP contribution in [0.2, 0.25) is 0 Å². The van der Waals surface area contributed by atoms with Crippen LogP contribution in [-0.4, -0.2) is 66.5 Å². The molecule has 0 fully saturated rings. The van der Waals surface area contributed by atoms with Crippen molar-refractivity contribution < 1.29 is 52.2 Å². The maximum absolute atomic E-state index is 12.9. The third-order valence-corrected chi connectivity index (χ3v) is 12.0. The SMILES string of the molecule is CC/C=C\C/C=C\C/C=C\C/C=C\C/C=C\CCCCCC(=O)OCC(COP(=O)(O)OCC(CO)OC(=O)CCCCC/C=C\C/C=C\C/C=C\CC)OC(=O)CCCCCCC/C=C\C/C=C\C/C=C\CC. The van der Waals surface area contributed by atoms with Crippen LogP contribution in [0.1, 0.15) is 201 Å². The summed E-state index contributed by atoms with van der Waals surface area (Å²) in [4.78, 5) is 48.5. The molecule has 0 saturated carbocycles. The number of rotatable bonds is 50. The first-order valence-corrected chi connectivity index (χ1v) is 29.6. The Morgan fingerprint density at radius 1 is 0.378 bits per heavy atom. The number of hydrogen-bond acceptors (Lipinski definition) is 10. The zero-order valence-corrected chi connectivity index (χ0v) is 46.9. The topological polar surface area (TPSA) is 155 Å². The predicted molar refractivity (Wildman–Crippen MR) is 306 cm³/mol. The fourth-order valence-corrected chi connectivity index (χ4v) is 7.66. The van der Waals surface area contributed by atoms with Crippen molar-refractivity contribution in [1.82, 2.24) is 0 Å². The van der Waals surface area contributed by atoms with Gasteiger partial charge in [-0.2, -0.15) is 0 Å². The molecule has 0 aliphatic rings. The molecule has 0 aromatic carbocycles. The summed E-state index contributed by atoms with van der Waals surface area (Å²) < 4.78 is 39.4. The number of hydrogen-bond donors (Lipinski definition) is 2. The number of carbonyl (C=O) groups is 3. The Kier molecular flexibility index (Phi) is 51.6. The molecule has 2 N–H and O–H groups in total. The summed E-state index contributed by atoms with van der Waals surface area (Å²) in [6.07, 6.45) is 68.4. The number of ether oxygens (including phenoxy) is 3. The van der Waals surface area contributed by atoms with E-state index >= 15 is 0 Å². The van der Waals surface area contributed by atoms with Crippen molar-refractivity contribution in [1.29, 1.82) is 0 Å². The van der Waals surface area contributed by atoms with Crippen LogP contribution >= 0.6 is 7.82 Å². The summed E-state index contributed by atoms with van der Waals surface area (Å²) in [6, 6.07) is 0. The van der Waals surface area contributed by atoms with E-state index in [0.717, 1.165) is 141 Å². The number of phosphoric ester groups is 1. The molecule has 0 amide bonds. The van der Waals surface area contributed by atoms with E-state index in [9.17, 15) is 28.9 Å². The Balaban J connectivity index is 4.86. The van der Waals surface area contributed by atoms with Gasteiger partial charge in [0.05, 0.1) is 19.8 Å². The second-order valence-electron chi connectivity index (χ2n) is 18.0. The van der Waals surface area contributed by atoms with Crippen molar-refractivity contribution in [3.63, 3.8) is 0 Å². The van der Waals surface area contributed by atoms with E-state index in [0.29, 0.717) is 19.3 Å². The number of esters is 3. The quantitative estimate of drug-likeness (QED) is 0.0197. The summed E-state index contributed by atoms with van der Waals surface area (Å²) in [5.74, 6) is -1.57. The number of carbonyl (C=O) groups excluding carboxylic acids is 3. The summed E-state index contributed by atoms with van der Waals surface area (Å²) in [6.45, 7) is 4.18. The first-order chi connectivity index (χ1) is 36.2. The molecule has 0 aromatic rings. The van der Waals surface area contributed by atoms with Crippen LogP contribution in [0.3, 0.4) is 0 Å².